The van der Waals surface area contributed by atoms with Crippen molar-refractivity contribution in [3.05, 3.63) is 40.3 Å². The molecule has 0 fully saturated rings. The van der Waals surface area contributed by atoms with Crippen molar-refractivity contribution >= 4 is 62.0 Å². The highest BCUT2D eigenvalue weighted by molar-refractivity contribution is 8.00. The molecule has 3 heterocycles. The number of carbonyl (C=O) groups is 2. The Balaban J connectivity index is 1.42. The minimum atomic E-state index is -0.433. The highest BCUT2D eigenvalue weighted by Gasteiger charge is 2.29. The van der Waals surface area contributed by atoms with Gasteiger partial charge in [0.25, 0.3) is 0 Å². The fourth-order valence-corrected chi connectivity index (χ4v) is 7.00. The Labute approximate surface area is 224 Å². The van der Waals surface area contributed by atoms with Crippen LogP contribution in [0.25, 0.3) is 22.1 Å². The molecule has 1 aromatic carbocycles. The zero-order chi connectivity index (χ0) is 25.9. The molecule has 3 aromatic heterocycles. The number of aromatic nitrogens is 4. The van der Waals surface area contributed by atoms with Gasteiger partial charge in [0.2, 0.25) is 11.1 Å². The van der Waals surface area contributed by atoms with E-state index in [1.54, 1.807) is 6.92 Å². The summed E-state index contributed by atoms with van der Waals surface area (Å²) in [5.41, 5.74) is 4.20. The number of anilines is 1. The Morgan fingerprint density at radius 3 is 2.76 bits per heavy atom. The van der Waals surface area contributed by atoms with Crippen molar-refractivity contribution in [3.8, 4) is 0 Å². The van der Waals surface area contributed by atoms with Gasteiger partial charge < -0.3 is 14.6 Å². The van der Waals surface area contributed by atoms with E-state index in [-0.39, 0.29) is 11.9 Å². The topological polar surface area (TPSA) is 99.0 Å². The molecular weight excluding hydrogens is 506 g/mol. The fraction of sp³-hybridized carbons (Fsp3) is 0.444. The van der Waals surface area contributed by atoms with E-state index in [2.05, 4.69) is 33.1 Å². The van der Waals surface area contributed by atoms with Crippen molar-refractivity contribution in [3.63, 3.8) is 0 Å². The van der Waals surface area contributed by atoms with Gasteiger partial charge in [0.15, 0.2) is 5.65 Å². The molecule has 0 saturated carbocycles. The SMILES string of the molecule is CCCn1c2ccccc2c2nnc(S[C@@H](CC)C(=O)Nc3sc4c(c3C(=O)OCC)CCCC4)nc21. The van der Waals surface area contributed by atoms with Crippen LogP contribution in [0.15, 0.2) is 29.4 Å². The second kappa shape index (κ2) is 11.2. The molecule has 4 aromatic rings. The van der Waals surface area contributed by atoms with E-state index in [0.29, 0.717) is 28.7 Å². The maximum atomic E-state index is 13.4. The number of aryl methyl sites for hydroxylation is 2. The number of para-hydroxylation sites is 1. The summed E-state index contributed by atoms with van der Waals surface area (Å²) in [6.07, 6.45) is 5.45. The average molecular weight is 538 g/mol. The molecule has 8 nitrogen and oxygen atoms in total. The van der Waals surface area contributed by atoms with Gasteiger partial charge in [-0.3, -0.25) is 4.79 Å². The summed E-state index contributed by atoms with van der Waals surface area (Å²) in [7, 11) is 0. The molecule has 0 unspecified atom stereocenters. The molecule has 0 saturated heterocycles. The number of benzene rings is 1. The number of fused-ring (bicyclic) bond motifs is 4. The Hall–Kier alpha value is -2.98. The molecule has 5 rings (SSSR count). The zero-order valence-corrected chi connectivity index (χ0v) is 23.0. The van der Waals surface area contributed by atoms with E-state index in [0.717, 1.165) is 66.3 Å². The van der Waals surface area contributed by atoms with Crippen LogP contribution in [0.1, 0.15) is 67.3 Å². The van der Waals surface area contributed by atoms with Gasteiger partial charge in [0.05, 0.1) is 22.9 Å². The Kier molecular flexibility index (Phi) is 7.76. The van der Waals surface area contributed by atoms with E-state index >= 15 is 0 Å². The number of thioether (sulfide) groups is 1. The second-order valence-electron chi connectivity index (χ2n) is 9.07. The summed E-state index contributed by atoms with van der Waals surface area (Å²) in [5.74, 6) is -0.533. The van der Waals surface area contributed by atoms with Gasteiger partial charge in [-0.25, -0.2) is 9.78 Å². The number of nitrogens with one attached hydrogen (secondary N) is 1. The van der Waals surface area contributed by atoms with E-state index in [1.807, 2.05) is 25.1 Å². The van der Waals surface area contributed by atoms with Crippen molar-refractivity contribution < 1.29 is 14.3 Å². The number of carbonyl (C=O) groups excluding carboxylic acids is 2. The first-order chi connectivity index (χ1) is 18.0. The first-order valence-electron chi connectivity index (χ1n) is 13.0. The van der Waals surface area contributed by atoms with E-state index in [4.69, 9.17) is 9.72 Å². The molecular formula is C27H31N5O3S2. The van der Waals surface area contributed by atoms with Crippen LogP contribution in [0.2, 0.25) is 0 Å². The lowest BCUT2D eigenvalue weighted by Gasteiger charge is -2.14. The first-order valence-corrected chi connectivity index (χ1v) is 14.7. The van der Waals surface area contributed by atoms with Crippen LogP contribution in [0.4, 0.5) is 5.00 Å². The van der Waals surface area contributed by atoms with Crippen LogP contribution < -0.4 is 5.32 Å². The van der Waals surface area contributed by atoms with Crippen molar-refractivity contribution in [2.75, 3.05) is 11.9 Å². The van der Waals surface area contributed by atoms with E-state index < -0.39 is 5.25 Å². The largest absolute Gasteiger partial charge is 0.462 e. The minimum absolute atomic E-state index is 0.172. The normalized spacial score (nSPS) is 14.0. The summed E-state index contributed by atoms with van der Waals surface area (Å²) in [5, 5.41) is 13.6. The van der Waals surface area contributed by atoms with Gasteiger partial charge >= 0.3 is 5.97 Å². The molecule has 0 spiro atoms. The lowest BCUT2D eigenvalue weighted by molar-refractivity contribution is -0.115. The molecule has 0 bridgehead atoms. The number of thiophene rings is 1. The predicted octanol–water partition coefficient (Wildman–Crippen LogP) is 6.02. The quantitative estimate of drug-likeness (QED) is 0.206. The van der Waals surface area contributed by atoms with Crippen LogP contribution in [0, 0.1) is 0 Å². The first kappa shape index (κ1) is 25.7. The predicted molar refractivity (Wildman–Crippen MR) is 149 cm³/mol. The van der Waals surface area contributed by atoms with Crippen LogP contribution in [-0.2, 0) is 28.9 Å². The molecule has 0 radical (unpaired) electrons. The van der Waals surface area contributed by atoms with Crippen LogP contribution in [-0.4, -0.2) is 43.5 Å². The molecule has 37 heavy (non-hydrogen) atoms. The van der Waals surface area contributed by atoms with Crippen molar-refractivity contribution in [2.45, 2.75) is 76.2 Å². The minimum Gasteiger partial charge on any atom is -0.462 e. The lowest BCUT2D eigenvalue weighted by Crippen LogP contribution is -2.25. The van der Waals surface area contributed by atoms with Crippen LogP contribution >= 0.6 is 23.1 Å². The highest BCUT2D eigenvalue weighted by atomic mass is 32.2. The molecule has 1 aliphatic rings. The lowest BCUT2D eigenvalue weighted by atomic mass is 9.95. The molecule has 1 aliphatic carbocycles. The van der Waals surface area contributed by atoms with Crippen molar-refractivity contribution in [2.24, 2.45) is 0 Å². The molecule has 194 valence electrons. The van der Waals surface area contributed by atoms with Gasteiger partial charge in [0.1, 0.15) is 10.5 Å². The Morgan fingerprint density at radius 2 is 1.97 bits per heavy atom. The standard InChI is InChI=1S/C27H31N5O3S2/c1-4-15-32-18-13-9-7-11-16(18)22-23(32)28-27(31-30-22)37-19(5-2)24(33)29-25-21(26(34)35-6-3)17-12-8-10-14-20(17)36-25/h7,9,11,13,19H,4-6,8,10,12,14-15H2,1-3H3,(H,29,33)/t19-/m0/s1. The van der Waals surface area contributed by atoms with Crippen LogP contribution in [0.5, 0.6) is 0 Å². The highest BCUT2D eigenvalue weighted by Crippen LogP contribution is 2.39. The van der Waals surface area contributed by atoms with Gasteiger partial charge in [0, 0.05) is 16.8 Å². The third-order valence-corrected chi connectivity index (χ3v) is 9.02. The smallest absolute Gasteiger partial charge is 0.341 e. The summed E-state index contributed by atoms with van der Waals surface area (Å²) >= 11 is 2.81. The third kappa shape index (κ3) is 4.96. The van der Waals surface area contributed by atoms with Gasteiger partial charge in [-0.1, -0.05) is 43.8 Å². The summed E-state index contributed by atoms with van der Waals surface area (Å²) in [4.78, 5) is 32.2. The van der Waals surface area contributed by atoms with Gasteiger partial charge in [-0.05, 0) is 57.1 Å². The van der Waals surface area contributed by atoms with E-state index in [1.165, 1.54) is 28.0 Å². The Morgan fingerprint density at radius 1 is 1.16 bits per heavy atom. The number of esters is 1. The average Bonchev–Trinajstić information content (AvgIpc) is 3.42. The summed E-state index contributed by atoms with van der Waals surface area (Å²) in [6.45, 7) is 7.01. The molecule has 1 atom stereocenters. The molecule has 1 amide bonds. The molecule has 1 N–H and O–H groups in total. The number of ether oxygens (including phenoxy) is 1. The molecule has 10 heteroatoms. The van der Waals surface area contributed by atoms with Crippen LogP contribution in [0.3, 0.4) is 0 Å². The maximum absolute atomic E-state index is 13.4. The number of hydrogen-bond donors (Lipinski definition) is 1. The second-order valence-corrected chi connectivity index (χ2v) is 11.3. The van der Waals surface area contributed by atoms with E-state index in [9.17, 15) is 9.59 Å². The van der Waals surface area contributed by atoms with Crippen molar-refractivity contribution in [1.82, 2.24) is 19.7 Å². The summed E-state index contributed by atoms with van der Waals surface area (Å²) in [6, 6.07) is 8.12. The molecule has 0 aliphatic heterocycles. The number of amides is 1. The fourth-order valence-electron chi connectivity index (χ4n) is 4.90. The van der Waals surface area contributed by atoms with Gasteiger partial charge in [-0.2, -0.15) is 0 Å². The Bertz CT molecular complexity index is 1460. The number of rotatable bonds is 9. The maximum Gasteiger partial charge on any atom is 0.341 e. The summed E-state index contributed by atoms with van der Waals surface area (Å²) < 4.78 is 7.51. The van der Waals surface area contributed by atoms with Gasteiger partial charge in [-0.15, -0.1) is 21.5 Å². The number of nitrogens with zero attached hydrogens (tertiary/aromatic N) is 4. The zero-order valence-electron chi connectivity index (χ0n) is 21.4. The number of hydrogen-bond acceptors (Lipinski definition) is 8. The van der Waals surface area contributed by atoms with Crippen molar-refractivity contribution in [1.29, 1.82) is 0 Å². The monoisotopic (exact) mass is 537 g/mol. The third-order valence-electron chi connectivity index (χ3n) is 6.60.